The van der Waals surface area contributed by atoms with E-state index in [1.165, 1.54) is 25.7 Å². The third-order valence-corrected chi connectivity index (χ3v) is 4.14. The number of benzene rings is 1. The summed E-state index contributed by atoms with van der Waals surface area (Å²) in [6.07, 6.45) is 5.09. The lowest BCUT2D eigenvalue weighted by molar-refractivity contribution is 0.217. The third-order valence-electron chi connectivity index (χ3n) is 4.14. The molecule has 0 unspecified atom stereocenters. The highest BCUT2D eigenvalue weighted by molar-refractivity contribution is 5.93. The summed E-state index contributed by atoms with van der Waals surface area (Å²) in [4.78, 5) is 16.5. The van der Waals surface area contributed by atoms with Gasteiger partial charge in [-0.05, 0) is 38.8 Å². The Morgan fingerprint density at radius 3 is 2.33 bits per heavy atom. The first-order chi connectivity index (χ1) is 10.3. The second-order valence-corrected chi connectivity index (χ2v) is 5.52. The first-order valence-electron chi connectivity index (χ1n) is 8.16. The normalized spacial score (nSPS) is 15.4. The second-order valence-electron chi connectivity index (χ2n) is 5.52. The Balaban J connectivity index is 2.14. The molecule has 1 heterocycles. The summed E-state index contributed by atoms with van der Waals surface area (Å²) in [5.74, 6) is 0. The SMILES string of the molecule is CCN(CC)C(=O)Nc1ccccc1N1CCCCCC1. The molecule has 1 aromatic carbocycles. The second kappa shape index (κ2) is 7.91. The minimum atomic E-state index is -0.0118. The minimum Gasteiger partial charge on any atom is -0.370 e. The summed E-state index contributed by atoms with van der Waals surface area (Å²) in [6.45, 7) is 7.63. The Bertz CT molecular complexity index is 449. The van der Waals surface area contributed by atoms with Gasteiger partial charge >= 0.3 is 6.03 Å². The van der Waals surface area contributed by atoms with E-state index in [0.29, 0.717) is 0 Å². The van der Waals surface area contributed by atoms with Gasteiger partial charge in [-0.2, -0.15) is 0 Å². The first-order valence-corrected chi connectivity index (χ1v) is 8.16. The molecule has 0 saturated carbocycles. The third kappa shape index (κ3) is 4.13. The lowest BCUT2D eigenvalue weighted by Gasteiger charge is -2.27. The van der Waals surface area contributed by atoms with E-state index in [9.17, 15) is 4.79 Å². The molecule has 1 aliphatic rings. The molecule has 4 heteroatoms. The standard InChI is InChI=1S/C17H27N3O/c1-3-19(4-2)17(21)18-15-11-7-8-12-16(15)20-13-9-5-6-10-14-20/h7-8,11-12H,3-6,9-10,13-14H2,1-2H3,(H,18,21). The number of rotatable bonds is 4. The molecular formula is C17H27N3O. The van der Waals surface area contributed by atoms with Crippen LogP contribution in [0.3, 0.4) is 0 Å². The Labute approximate surface area is 128 Å². The molecule has 0 aliphatic carbocycles. The number of hydrogen-bond acceptors (Lipinski definition) is 2. The van der Waals surface area contributed by atoms with Gasteiger partial charge in [-0.3, -0.25) is 0 Å². The molecule has 116 valence electrons. The van der Waals surface area contributed by atoms with Crippen molar-refractivity contribution in [1.82, 2.24) is 4.90 Å². The van der Waals surface area contributed by atoms with Gasteiger partial charge in [0.15, 0.2) is 0 Å². The molecule has 1 aromatic rings. The molecule has 4 nitrogen and oxygen atoms in total. The van der Waals surface area contributed by atoms with E-state index < -0.39 is 0 Å². The van der Waals surface area contributed by atoms with E-state index in [4.69, 9.17) is 0 Å². The van der Waals surface area contributed by atoms with Gasteiger partial charge in [-0.15, -0.1) is 0 Å². The van der Waals surface area contributed by atoms with Gasteiger partial charge in [0.05, 0.1) is 11.4 Å². The Morgan fingerprint density at radius 2 is 1.71 bits per heavy atom. The van der Waals surface area contributed by atoms with Crippen molar-refractivity contribution in [3.63, 3.8) is 0 Å². The van der Waals surface area contributed by atoms with E-state index >= 15 is 0 Å². The van der Waals surface area contributed by atoms with Crippen LogP contribution in [-0.2, 0) is 0 Å². The maximum atomic E-state index is 12.3. The van der Waals surface area contributed by atoms with E-state index in [1.807, 2.05) is 32.0 Å². The number of anilines is 2. The van der Waals surface area contributed by atoms with E-state index in [-0.39, 0.29) is 6.03 Å². The molecule has 0 atom stereocenters. The highest BCUT2D eigenvalue weighted by atomic mass is 16.2. The fourth-order valence-corrected chi connectivity index (χ4v) is 2.87. The maximum absolute atomic E-state index is 12.3. The molecule has 1 fully saturated rings. The molecule has 1 aliphatic heterocycles. The zero-order chi connectivity index (χ0) is 15.1. The van der Waals surface area contributed by atoms with Crippen LogP contribution in [0.15, 0.2) is 24.3 Å². The Kier molecular flexibility index (Phi) is 5.90. The predicted molar refractivity (Wildman–Crippen MR) is 89.1 cm³/mol. The van der Waals surface area contributed by atoms with Crippen LogP contribution >= 0.6 is 0 Å². The zero-order valence-electron chi connectivity index (χ0n) is 13.3. The Morgan fingerprint density at radius 1 is 1.10 bits per heavy atom. The van der Waals surface area contributed by atoms with E-state index in [1.54, 1.807) is 4.90 Å². The first kappa shape index (κ1) is 15.7. The van der Waals surface area contributed by atoms with Gasteiger partial charge in [0, 0.05) is 26.2 Å². The summed E-state index contributed by atoms with van der Waals surface area (Å²) < 4.78 is 0. The highest BCUT2D eigenvalue weighted by Crippen LogP contribution is 2.28. The molecule has 21 heavy (non-hydrogen) atoms. The van der Waals surface area contributed by atoms with Crippen LogP contribution in [0.4, 0.5) is 16.2 Å². The fourth-order valence-electron chi connectivity index (χ4n) is 2.87. The van der Waals surface area contributed by atoms with Crippen LogP contribution in [0.5, 0.6) is 0 Å². The van der Waals surface area contributed by atoms with Crippen LogP contribution in [0.25, 0.3) is 0 Å². The summed E-state index contributed by atoms with van der Waals surface area (Å²) in [5, 5.41) is 3.08. The van der Waals surface area contributed by atoms with Gasteiger partial charge in [0.2, 0.25) is 0 Å². The molecule has 1 saturated heterocycles. The summed E-state index contributed by atoms with van der Waals surface area (Å²) in [6, 6.07) is 8.14. The number of hydrogen-bond donors (Lipinski definition) is 1. The van der Waals surface area contributed by atoms with Gasteiger partial charge in [-0.25, -0.2) is 4.79 Å². The fraction of sp³-hybridized carbons (Fsp3) is 0.588. The number of para-hydroxylation sites is 2. The van der Waals surface area contributed by atoms with Gasteiger partial charge < -0.3 is 15.1 Å². The number of urea groups is 1. The van der Waals surface area contributed by atoms with E-state index in [0.717, 1.165) is 37.6 Å². The van der Waals surface area contributed by atoms with E-state index in [2.05, 4.69) is 16.3 Å². The van der Waals surface area contributed by atoms with Gasteiger partial charge in [0.1, 0.15) is 0 Å². The average Bonchev–Trinajstić information content (AvgIpc) is 2.78. The van der Waals surface area contributed by atoms with Crippen LogP contribution in [0.2, 0.25) is 0 Å². The number of carbonyl (C=O) groups excluding carboxylic acids is 1. The number of carbonyl (C=O) groups is 1. The van der Waals surface area contributed by atoms with Crippen LogP contribution in [0, 0.1) is 0 Å². The average molecular weight is 289 g/mol. The lowest BCUT2D eigenvalue weighted by atomic mass is 10.2. The van der Waals surface area contributed by atoms with Crippen LogP contribution in [-0.4, -0.2) is 37.1 Å². The maximum Gasteiger partial charge on any atom is 0.321 e. The van der Waals surface area contributed by atoms with Crippen molar-refractivity contribution in [2.75, 3.05) is 36.4 Å². The molecule has 2 rings (SSSR count). The molecule has 0 radical (unpaired) electrons. The molecule has 0 aromatic heterocycles. The number of nitrogens with zero attached hydrogens (tertiary/aromatic N) is 2. The van der Waals surface area contributed by atoms with Crippen molar-refractivity contribution >= 4 is 17.4 Å². The quantitative estimate of drug-likeness (QED) is 0.911. The number of nitrogens with one attached hydrogen (secondary N) is 1. The molecule has 0 spiro atoms. The summed E-state index contributed by atoms with van der Waals surface area (Å²) >= 11 is 0. The molecule has 2 amide bonds. The monoisotopic (exact) mass is 289 g/mol. The van der Waals surface area contributed by atoms with Crippen LogP contribution < -0.4 is 10.2 Å². The van der Waals surface area contributed by atoms with Crippen molar-refractivity contribution in [2.45, 2.75) is 39.5 Å². The predicted octanol–water partition coefficient (Wildman–Crippen LogP) is 3.94. The van der Waals surface area contributed by atoms with Crippen molar-refractivity contribution in [2.24, 2.45) is 0 Å². The topological polar surface area (TPSA) is 35.6 Å². The van der Waals surface area contributed by atoms with Crippen molar-refractivity contribution in [3.8, 4) is 0 Å². The highest BCUT2D eigenvalue weighted by Gasteiger charge is 2.16. The smallest absolute Gasteiger partial charge is 0.321 e. The van der Waals surface area contributed by atoms with Crippen molar-refractivity contribution < 1.29 is 4.79 Å². The minimum absolute atomic E-state index is 0.0118. The molecular weight excluding hydrogens is 262 g/mol. The van der Waals surface area contributed by atoms with Crippen LogP contribution in [0.1, 0.15) is 39.5 Å². The largest absolute Gasteiger partial charge is 0.370 e. The molecule has 0 bridgehead atoms. The Hall–Kier alpha value is -1.71. The number of amides is 2. The van der Waals surface area contributed by atoms with Gasteiger partial charge in [0.25, 0.3) is 0 Å². The van der Waals surface area contributed by atoms with Crippen molar-refractivity contribution in [1.29, 1.82) is 0 Å². The zero-order valence-corrected chi connectivity index (χ0v) is 13.3. The summed E-state index contributed by atoms with van der Waals surface area (Å²) in [7, 11) is 0. The molecule has 1 N–H and O–H groups in total. The van der Waals surface area contributed by atoms with Crippen molar-refractivity contribution in [3.05, 3.63) is 24.3 Å². The summed E-state index contributed by atoms with van der Waals surface area (Å²) in [5.41, 5.74) is 2.08. The van der Waals surface area contributed by atoms with Gasteiger partial charge in [-0.1, -0.05) is 25.0 Å². The lowest BCUT2D eigenvalue weighted by Crippen LogP contribution is -2.35.